The van der Waals surface area contributed by atoms with Gasteiger partial charge in [0.1, 0.15) is 0 Å². The molecule has 0 radical (unpaired) electrons. The Bertz CT molecular complexity index is 270. The maximum Gasteiger partial charge on any atom is 0.227 e. The molecule has 0 spiro atoms. The number of amides is 1. The average Bonchev–Trinajstić information content (AvgIpc) is 2.28. The van der Waals surface area contributed by atoms with Gasteiger partial charge in [-0.2, -0.15) is 0 Å². The lowest BCUT2D eigenvalue weighted by molar-refractivity contribution is -0.128. The summed E-state index contributed by atoms with van der Waals surface area (Å²) in [6.07, 6.45) is 0. The SMILES string of the molecule is CCNC(=O)C(C)(C)CN=C(N)N(CC)CC. The van der Waals surface area contributed by atoms with Crippen molar-refractivity contribution in [3.63, 3.8) is 0 Å². The van der Waals surface area contributed by atoms with E-state index in [0.29, 0.717) is 19.0 Å². The third-order valence-corrected chi connectivity index (χ3v) is 2.68. The number of carbonyl (C=O) groups is 1. The number of nitrogens with two attached hydrogens (primary N) is 1. The highest BCUT2D eigenvalue weighted by Gasteiger charge is 2.26. The molecule has 100 valence electrons. The summed E-state index contributed by atoms with van der Waals surface area (Å²) in [6.45, 7) is 12.4. The molecule has 0 bridgehead atoms. The van der Waals surface area contributed by atoms with Gasteiger partial charge < -0.3 is 16.0 Å². The predicted molar refractivity (Wildman–Crippen MR) is 71.9 cm³/mol. The average molecular weight is 242 g/mol. The fourth-order valence-corrected chi connectivity index (χ4v) is 1.40. The van der Waals surface area contributed by atoms with Crippen LogP contribution in [0.3, 0.4) is 0 Å². The van der Waals surface area contributed by atoms with E-state index in [-0.39, 0.29) is 5.91 Å². The summed E-state index contributed by atoms with van der Waals surface area (Å²) in [5, 5.41) is 2.80. The van der Waals surface area contributed by atoms with Gasteiger partial charge in [0.25, 0.3) is 0 Å². The number of hydrogen-bond acceptors (Lipinski definition) is 2. The van der Waals surface area contributed by atoms with E-state index in [2.05, 4.69) is 10.3 Å². The number of guanidine groups is 1. The number of rotatable bonds is 6. The van der Waals surface area contributed by atoms with Gasteiger partial charge in [0.2, 0.25) is 5.91 Å². The second-order valence-electron chi connectivity index (χ2n) is 4.59. The predicted octanol–water partition coefficient (Wildman–Crippen LogP) is 0.805. The lowest BCUT2D eigenvalue weighted by Crippen LogP contribution is -2.41. The second-order valence-corrected chi connectivity index (χ2v) is 4.59. The van der Waals surface area contributed by atoms with Gasteiger partial charge in [-0.3, -0.25) is 9.79 Å². The maximum absolute atomic E-state index is 11.8. The smallest absolute Gasteiger partial charge is 0.227 e. The third kappa shape index (κ3) is 5.06. The minimum absolute atomic E-state index is 0.0103. The number of nitrogens with zero attached hydrogens (tertiary/aromatic N) is 2. The van der Waals surface area contributed by atoms with Crippen molar-refractivity contribution >= 4 is 11.9 Å². The molecule has 0 aliphatic heterocycles. The van der Waals surface area contributed by atoms with Crippen molar-refractivity contribution < 1.29 is 4.79 Å². The van der Waals surface area contributed by atoms with E-state index in [4.69, 9.17) is 5.73 Å². The van der Waals surface area contributed by atoms with E-state index in [1.807, 2.05) is 39.5 Å². The molecule has 0 saturated carbocycles. The van der Waals surface area contributed by atoms with E-state index in [1.54, 1.807) is 0 Å². The summed E-state index contributed by atoms with van der Waals surface area (Å²) < 4.78 is 0. The molecule has 0 atom stereocenters. The summed E-state index contributed by atoms with van der Waals surface area (Å²) in [5.41, 5.74) is 5.34. The van der Waals surface area contributed by atoms with E-state index in [9.17, 15) is 4.79 Å². The Hall–Kier alpha value is -1.26. The molecule has 3 N–H and O–H groups in total. The minimum Gasteiger partial charge on any atom is -0.370 e. The van der Waals surface area contributed by atoms with E-state index >= 15 is 0 Å². The van der Waals surface area contributed by atoms with Crippen LogP contribution in [-0.2, 0) is 4.79 Å². The summed E-state index contributed by atoms with van der Waals surface area (Å²) >= 11 is 0. The largest absolute Gasteiger partial charge is 0.370 e. The Morgan fingerprint density at radius 2 is 1.82 bits per heavy atom. The van der Waals surface area contributed by atoms with Crippen molar-refractivity contribution in [1.29, 1.82) is 0 Å². The zero-order chi connectivity index (χ0) is 13.5. The summed E-state index contributed by atoms with van der Waals surface area (Å²) in [6, 6.07) is 0. The Balaban J connectivity index is 4.51. The molecule has 5 heteroatoms. The van der Waals surface area contributed by atoms with E-state index in [1.165, 1.54) is 0 Å². The van der Waals surface area contributed by atoms with Gasteiger partial charge in [0.05, 0.1) is 12.0 Å². The van der Waals surface area contributed by atoms with Crippen molar-refractivity contribution in [2.24, 2.45) is 16.1 Å². The van der Waals surface area contributed by atoms with Crippen LogP contribution in [-0.4, -0.2) is 42.9 Å². The highest BCUT2D eigenvalue weighted by molar-refractivity contribution is 5.83. The zero-order valence-corrected chi connectivity index (χ0v) is 11.7. The lowest BCUT2D eigenvalue weighted by atomic mass is 9.92. The van der Waals surface area contributed by atoms with Gasteiger partial charge in [-0.25, -0.2) is 0 Å². The van der Waals surface area contributed by atoms with Crippen LogP contribution >= 0.6 is 0 Å². The topological polar surface area (TPSA) is 70.7 Å². The van der Waals surface area contributed by atoms with Crippen molar-refractivity contribution in [3.05, 3.63) is 0 Å². The van der Waals surface area contributed by atoms with Crippen LogP contribution < -0.4 is 11.1 Å². The summed E-state index contributed by atoms with van der Waals surface area (Å²) in [4.78, 5) is 18.0. The van der Waals surface area contributed by atoms with Crippen LogP contribution in [0.2, 0.25) is 0 Å². The van der Waals surface area contributed by atoms with Crippen molar-refractivity contribution in [2.75, 3.05) is 26.2 Å². The lowest BCUT2D eigenvalue weighted by Gasteiger charge is -2.24. The van der Waals surface area contributed by atoms with Crippen LogP contribution in [0.4, 0.5) is 0 Å². The fourth-order valence-electron chi connectivity index (χ4n) is 1.40. The molecule has 1 amide bonds. The summed E-state index contributed by atoms with van der Waals surface area (Å²) in [5.74, 6) is 0.517. The van der Waals surface area contributed by atoms with Crippen molar-refractivity contribution in [3.8, 4) is 0 Å². The molecule has 17 heavy (non-hydrogen) atoms. The van der Waals surface area contributed by atoms with Crippen molar-refractivity contribution in [1.82, 2.24) is 10.2 Å². The molecule has 0 unspecified atom stereocenters. The molecule has 5 nitrogen and oxygen atoms in total. The molecule has 0 aliphatic carbocycles. The Labute approximate surface area is 104 Å². The molecule has 0 heterocycles. The van der Waals surface area contributed by atoms with Crippen LogP contribution in [0.5, 0.6) is 0 Å². The first-order valence-corrected chi connectivity index (χ1v) is 6.22. The molecule has 0 saturated heterocycles. The zero-order valence-electron chi connectivity index (χ0n) is 11.7. The molecule has 0 rings (SSSR count). The monoisotopic (exact) mass is 242 g/mol. The van der Waals surface area contributed by atoms with E-state index in [0.717, 1.165) is 13.1 Å². The van der Waals surface area contributed by atoms with Crippen molar-refractivity contribution in [2.45, 2.75) is 34.6 Å². The van der Waals surface area contributed by atoms with Crippen LogP contribution in [0, 0.1) is 5.41 Å². The number of hydrogen-bond donors (Lipinski definition) is 2. The number of nitrogens with one attached hydrogen (secondary N) is 1. The van der Waals surface area contributed by atoms with Gasteiger partial charge in [0, 0.05) is 19.6 Å². The normalized spacial score (nSPS) is 12.4. The van der Waals surface area contributed by atoms with Crippen LogP contribution in [0.1, 0.15) is 34.6 Å². The van der Waals surface area contributed by atoms with Gasteiger partial charge >= 0.3 is 0 Å². The standard InChI is InChI=1S/C12H26N4O/c1-6-14-10(17)12(4,5)9-15-11(13)16(7-2)8-3/h6-9H2,1-5H3,(H2,13,15)(H,14,17). The van der Waals surface area contributed by atoms with Gasteiger partial charge in [-0.15, -0.1) is 0 Å². The summed E-state index contributed by atoms with van der Waals surface area (Å²) in [7, 11) is 0. The number of carbonyl (C=O) groups excluding carboxylic acids is 1. The quantitative estimate of drug-likeness (QED) is 0.535. The first kappa shape index (κ1) is 15.7. The van der Waals surface area contributed by atoms with Gasteiger partial charge in [-0.1, -0.05) is 0 Å². The fraction of sp³-hybridized carbons (Fsp3) is 0.833. The molecular weight excluding hydrogens is 216 g/mol. The van der Waals surface area contributed by atoms with E-state index < -0.39 is 5.41 Å². The number of aliphatic imine (C=N–C) groups is 1. The highest BCUT2D eigenvalue weighted by Crippen LogP contribution is 2.15. The van der Waals surface area contributed by atoms with Gasteiger partial charge in [0.15, 0.2) is 5.96 Å². The molecule has 0 aromatic rings. The molecule has 0 aliphatic rings. The first-order valence-electron chi connectivity index (χ1n) is 6.22. The third-order valence-electron chi connectivity index (χ3n) is 2.68. The van der Waals surface area contributed by atoms with Crippen LogP contribution in [0.25, 0.3) is 0 Å². The van der Waals surface area contributed by atoms with Gasteiger partial charge in [-0.05, 0) is 34.6 Å². The second kappa shape index (κ2) is 7.14. The minimum atomic E-state index is -0.520. The van der Waals surface area contributed by atoms with Crippen LogP contribution in [0.15, 0.2) is 4.99 Å². The highest BCUT2D eigenvalue weighted by atomic mass is 16.2. The Morgan fingerprint density at radius 1 is 1.29 bits per heavy atom. The molecular formula is C12H26N4O. The molecule has 0 fully saturated rings. The first-order chi connectivity index (χ1) is 7.88. The Morgan fingerprint density at radius 3 is 2.24 bits per heavy atom. The maximum atomic E-state index is 11.8. The molecule has 0 aromatic carbocycles. The molecule has 0 aromatic heterocycles. The Kier molecular flexibility index (Phi) is 6.61.